The first kappa shape index (κ1) is 16.2. The van der Waals surface area contributed by atoms with Gasteiger partial charge in [-0.1, -0.05) is 36.6 Å². The third-order valence-corrected chi connectivity index (χ3v) is 4.51. The van der Waals surface area contributed by atoms with E-state index in [0.717, 1.165) is 17.5 Å². The molecule has 1 heterocycles. The molecule has 0 saturated carbocycles. The van der Waals surface area contributed by atoms with Crippen molar-refractivity contribution in [2.45, 2.75) is 58.8 Å². The Morgan fingerprint density at radius 2 is 1.81 bits per heavy atom. The van der Waals surface area contributed by atoms with Crippen molar-refractivity contribution in [1.82, 2.24) is 4.90 Å². The van der Waals surface area contributed by atoms with Gasteiger partial charge in [-0.3, -0.25) is 4.79 Å². The van der Waals surface area contributed by atoms with Crippen LogP contribution in [0.5, 0.6) is 0 Å². The molecule has 1 saturated heterocycles. The van der Waals surface area contributed by atoms with Crippen molar-refractivity contribution in [2.75, 3.05) is 19.6 Å². The van der Waals surface area contributed by atoms with Gasteiger partial charge >= 0.3 is 0 Å². The summed E-state index contributed by atoms with van der Waals surface area (Å²) in [6, 6.07) is 6.13. The fraction of sp³-hybridized carbons (Fsp3) is 0.632. The molecule has 0 bridgehead atoms. The van der Waals surface area contributed by atoms with Crippen LogP contribution < -0.4 is 0 Å². The second-order valence-electron chi connectivity index (χ2n) is 6.45. The number of Topliss-reactive ketones (excluding diaryl/α,β-unsaturated/α-hetero) is 1. The highest BCUT2D eigenvalue weighted by atomic mass is 16.1. The predicted octanol–water partition coefficient (Wildman–Crippen LogP) is 4.53. The van der Waals surface area contributed by atoms with Crippen LogP contribution in [0.1, 0.15) is 66.4 Å². The van der Waals surface area contributed by atoms with Gasteiger partial charge in [-0.2, -0.15) is 0 Å². The van der Waals surface area contributed by atoms with Crippen molar-refractivity contribution in [3.63, 3.8) is 0 Å². The van der Waals surface area contributed by atoms with Crippen molar-refractivity contribution in [3.8, 4) is 0 Å². The number of rotatable bonds is 7. The average Bonchev–Trinajstić information content (AvgIpc) is 2.47. The van der Waals surface area contributed by atoms with Gasteiger partial charge in [0.1, 0.15) is 0 Å². The van der Waals surface area contributed by atoms with Crippen LogP contribution >= 0.6 is 0 Å². The SMILES string of the molecule is Cc1ccc(C(=O)CCCCCN2CCCCC2)c(C)c1. The van der Waals surface area contributed by atoms with Crippen molar-refractivity contribution in [3.05, 3.63) is 34.9 Å². The number of hydrogen-bond donors (Lipinski definition) is 0. The average molecular weight is 287 g/mol. The molecule has 2 rings (SSSR count). The van der Waals surface area contributed by atoms with Crippen LogP contribution in [0.25, 0.3) is 0 Å². The summed E-state index contributed by atoms with van der Waals surface area (Å²) in [5, 5.41) is 0. The van der Waals surface area contributed by atoms with E-state index in [2.05, 4.69) is 17.9 Å². The minimum atomic E-state index is 0.311. The number of nitrogens with zero attached hydrogens (tertiary/aromatic N) is 1. The Morgan fingerprint density at radius 1 is 1.05 bits per heavy atom. The number of hydrogen-bond acceptors (Lipinski definition) is 2. The standard InChI is InChI=1S/C19H29NO/c1-16-10-11-18(17(2)15-16)19(21)9-5-3-6-12-20-13-7-4-8-14-20/h10-11,15H,3-9,12-14H2,1-2H3. The maximum absolute atomic E-state index is 12.2. The first-order valence-electron chi connectivity index (χ1n) is 8.49. The van der Waals surface area contributed by atoms with Gasteiger partial charge in [-0.15, -0.1) is 0 Å². The Labute approximate surface area is 129 Å². The van der Waals surface area contributed by atoms with Gasteiger partial charge in [0.05, 0.1) is 0 Å². The summed E-state index contributed by atoms with van der Waals surface area (Å²) in [6.07, 6.45) is 8.27. The predicted molar refractivity (Wildman–Crippen MR) is 89.0 cm³/mol. The molecule has 1 fully saturated rings. The lowest BCUT2D eigenvalue weighted by atomic mass is 9.98. The number of piperidine rings is 1. The number of carbonyl (C=O) groups is 1. The molecule has 0 N–H and O–H groups in total. The molecular weight excluding hydrogens is 258 g/mol. The van der Waals surface area contributed by atoms with E-state index in [-0.39, 0.29) is 0 Å². The Morgan fingerprint density at radius 3 is 2.52 bits per heavy atom. The Hall–Kier alpha value is -1.15. The Kier molecular flexibility index (Phi) is 6.44. The van der Waals surface area contributed by atoms with Gasteiger partial charge in [0.25, 0.3) is 0 Å². The molecule has 0 spiro atoms. The van der Waals surface area contributed by atoms with E-state index in [4.69, 9.17) is 0 Å². The monoisotopic (exact) mass is 287 g/mol. The summed E-state index contributed by atoms with van der Waals surface area (Å²) in [5.74, 6) is 0.311. The Balaban J connectivity index is 1.64. The van der Waals surface area contributed by atoms with Gasteiger partial charge in [-0.05, 0) is 64.7 Å². The van der Waals surface area contributed by atoms with Gasteiger partial charge in [-0.25, -0.2) is 0 Å². The van der Waals surface area contributed by atoms with E-state index in [1.165, 1.54) is 57.3 Å². The molecule has 2 heteroatoms. The molecule has 0 unspecified atom stereocenters. The minimum Gasteiger partial charge on any atom is -0.303 e. The zero-order valence-electron chi connectivity index (χ0n) is 13.7. The molecule has 0 amide bonds. The fourth-order valence-electron chi connectivity index (χ4n) is 3.24. The lowest BCUT2D eigenvalue weighted by Crippen LogP contribution is -2.30. The van der Waals surface area contributed by atoms with E-state index in [1.54, 1.807) is 0 Å². The first-order chi connectivity index (χ1) is 10.2. The zero-order valence-corrected chi connectivity index (χ0v) is 13.7. The molecule has 0 radical (unpaired) electrons. The third kappa shape index (κ3) is 5.28. The van der Waals surface area contributed by atoms with Crippen LogP contribution in [0.2, 0.25) is 0 Å². The minimum absolute atomic E-state index is 0.311. The van der Waals surface area contributed by atoms with Crippen molar-refractivity contribution >= 4 is 5.78 Å². The third-order valence-electron chi connectivity index (χ3n) is 4.51. The molecule has 1 aliphatic rings. The second kappa shape index (κ2) is 8.33. The number of benzene rings is 1. The molecular formula is C19H29NO. The summed E-state index contributed by atoms with van der Waals surface area (Å²) in [7, 11) is 0. The van der Waals surface area contributed by atoms with Crippen LogP contribution in [0.3, 0.4) is 0 Å². The van der Waals surface area contributed by atoms with E-state index >= 15 is 0 Å². The van der Waals surface area contributed by atoms with Crippen LogP contribution in [0, 0.1) is 13.8 Å². The summed E-state index contributed by atoms with van der Waals surface area (Å²) in [5.41, 5.74) is 3.26. The lowest BCUT2D eigenvalue weighted by molar-refractivity contribution is 0.0978. The number of aryl methyl sites for hydroxylation is 2. The molecule has 2 nitrogen and oxygen atoms in total. The van der Waals surface area contributed by atoms with Gasteiger partial charge in [0.2, 0.25) is 0 Å². The lowest BCUT2D eigenvalue weighted by Gasteiger charge is -2.26. The van der Waals surface area contributed by atoms with E-state index < -0.39 is 0 Å². The molecule has 1 aromatic rings. The fourth-order valence-corrected chi connectivity index (χ4v) is 3.24. The number of carbonyl (C=O) groups excluding carboxylic acids is 1. The van der Waals surface area contributed by atoms with Crippen molar-refractivity contribution in [2.24, 2.45) is 0 Å². The van der Waals surface area contributed by atoms with Gasteiger partial charge in [0, 0.05) is 12.0 Å². The van der Waals surface area contributed by atoms with Crippen LogP contribution in [0.15, 0.2) is 18.2 Å². The van der Waals surface area contributed by atoms with E-state index in [9.17, 15) is 4.79 Å². The number of unbranched alkanes of at least 4 members (excludes halogenated alkanes) is 2. The summed E-state index contributed by atoms with van der Waals surface area (Å²) in [6.45, 7) is 7.89. The maximum Gasteiger partial charge on any atom is 0.163 e. The van der Waals surface area contributed by atoms with Gasteiger partial charge in [0.15, 0.2) is 5.78 Å². The van der Waals surface area contributed by atoms with Gasteiger partial charge < -0.3 is 4.90 Å². The summed E-state index contributed by atoms with van der Waals surface area (Å²) < 4.78 is 0. The maximum atomic E-state index is 12.2. The summed E-state index contributed by atoms with van der Waals surface area (Å²) in [4.78, 5) is 14.8. The molecule has 1 aromatic carbocycles. The van der Waals surface area contributed by atoms with Crippen molar-refractivity contribution in [1.29, 1.82) is 0 Å². The van der Waals surface area contributed by atoms with E-state index in [1.807, 2.05) is 19.1 Å². The quantitative estimate of drug-likeness (QED) is 0.542. The number of likely N-dealkylation sites (tertiary alicyclic amines) is 1. The van der Waals surface area contributed by atoms with E-state index in [0.29, 0.717) is 12.2 Å². The molecule has 0 atom stereocenters. The number of ketones is 1. The topological polar surface area (TPSA) is 20.3 Å². The first-order valence-corrected chi connectivity index (χ1v) is 8.49. The highest BCUT2D eigenvalue weighted by Crippen LogP contribution is 2.15. The van der Waals surface area contributed by atoms with Crippen LogP contribution in [0.4, 0.5) is 0 Å². The zero-order chi connectivity index (χ0) is 15.1. The van der Waals surface area contributed by atoms with Crippen LogP contribution in [-0.2, 0) is 0 Å². The van der Waals surface area contributed by atoms with Crippen molar-refractivity contribution < 1.29 is 4.79 Å². The molecule has 1 aliphatic heterocycles. The molecule has 0 aromatic heterocycles. The second-order valence-corrected chi connectivity index (χ2v) is 6.45. The largest absolute Gasteiger partial charge is 0.303 e. The highest BCUT2D eigenvalue weighted by Gasteiger charge is 2.10. The van der Waals surface area contributed by atoms with Crippen LogP contribution in [-0.4, -0.2) is 30.3 Å². The highest BCUT2D eigenvalue weighted by molar-refractivity contribution is 5.97. The normalized spacial score (nSPS) is 16.1. The summed E-state index contributed by atoms with van der Waals surface area (Å²) >= 11 is 0. The molecule has 116 valence electrons. The smallest absolute Gasteiger partial charge is 0.163 e. The molecule has 21 heavy (non-hydrogen) atoms. The Bertz CT molecular complexity index is 461. The molecule has 0 aliphatic carbocycles.